The zero-order chi connectivity index (χ0) is 23.5. The SMILES string of the molecule is CSSC(C)(C)CCC(=O)c1cc(-c2ccc(NC(=O)c3nc(N)cn3C)nc2)cn1C. The van der Waals surface area contributed by atoms with E-state index in [1.165, 1.54) is 0 Å². The number of amides is 1. The lowest BCUT2D eigenvalue weighted by atomic mass is 10.0. The van der Waals surface area contributed by atoms with Crippen LogP contribution in [0.3, 0.4) is 0 Å². The Bertz CT molecular complexity index is 1120. The number of rotatable bonds is 9. The fourth-order valence-corrected chi connectivity index (χ4v) is 5.56. The summed E-state index contributed by atoms with van der Waals surface area (Å²) in [6.45, 7) is 4.32. The molecule has 0 atom stereocenters. The molecule has 10 heteroatoms. The second kappa shape index (κ2) is 9.83. The number of imidazole rings is 1. The van der Waals surface area contributed by atoms with Crippen LogP contribution in [0.15, 0.2) is 36.8 Å². The van der Waals surface area contributed by atoms with Crippen molar-refractivity contribution in [3.8, 4) is 11.1 Å². The number of carbonyl (C=O) groups is 2. The van der Waals surface area contributed by atoms with Gasteiger partial charge in [0.25, 0.3) is 5.91 Å². The van der Waals surface area contributed by atoms with E-state index in [1.54, 1.807) is 51.7 Å². The molecule has 3 N–H and O–H groups in total. The standard InChI is InChI=1S/C22H28N6O2S2/c1-22(2,32-31-5)9-8-17(29)16-10-15(12-27(16)3)14-6-7-19(24-11-14)26-21(30)20-25-18(23)13-28(20)4/h6-7,10-13H,8-9,23H2,1-5H3,(H,24,26,30). The number of aryl methyl sites for hydroxylation is 2. The molecule has 3 aromatic rings. The molecule has 32 heavy (non-hydrogen) atoms. The van der Waals surface area contributed by atoms with E-state index >= 15 is 0 Å². The molecule has 0 aliphatic heterocycles. The molecule has 0 aliphatic carbocycles. The monoisotopic (exact) mass is 472 g/mol. The van der Waals surface area contributed by atoms with Crippen molar-refractivity contribution in [3.05, 3.63) is 48.3 Å². The molecule has 170 valence electrons. The topological polar surface area (TPSA) is 108 Å². The minimum atomic E-state index is -0.389. The minimum absolute atomic E-state index is 0.0495. The van der Waals surface area contributed by atoms with E-state index in [0.717, 1.165) is 17.5 Å². The van der Waals surface area contributed by atoms with Gasteiger partial charge in [-0.05, 0) is 44.7 Å². The zero-order valence-electron chi connectivity index (χ0n) is 18.9. The van der Waals surface area contributed by atoms with Crippen molar-refractivity contribution in [1.82, 2.24) is 19.1 Å². The molecule has 0 bridgehead atoms. The average molecular weight is 473 g/mol. The number of aromatic nitrogens is 4. The molecular formula is C22H28N6O2S2. The van der Waals surface area contributed by atoms with E-state index in [1.807, 2.05) is 29.9 Å². The molecule has 0 radical (unpaired) electrons. The maximum Gasteiger partial charge on any atom is 0.292 e. The summed E-state index contributed by atoms with van der Waals surface area (Å²) >= 11 is 0. The number of hydrogen-bond donors (Lipinski definition) is 2. The number of anilines is 2. The number of nitrogens with zero attached hydrogens (tertiary/aromatic N) is 4. The molecule has 0 spiro atoms. The van der Waals surface area contributed by atoms with Gasteiger partial charge in [0.2, 0.25) is 5.82 Å². The number of nitrogens with one attached hydrogen (secondary N) is 1. The van der Waals surface area contributed by atoms with Crippen LogP contribution in [0.5, 0.6) is 0 Å². The number of pyridine rings is 1. The largest absolute Gasteiger partial charge is 0.382 e. The van der Waals surface area contributed by atoms with Crippen LogP contribution in [0, 0.1) is 0 Å². The van der Waals surface area contributed by atoms with Crippen molar-refractivity contribution < 1.29 is 9.59 Å². The first kappa shape index (κ1) is 23.9. The van der Waals surface area contributed by atoms with E-state index in [4.69, 9.17) is 5.73 Å². The van der Waals surface area contributed by atoms with Gasteiger partial charge in [-0.25, -0.2) is 9.97 Å². The summed E-state index contributed by atoms with van der Waals surface area (Å²) in [5.41, 5.74) is 8.06. The molecule has 1 amide bonds. The third kappa shape index (κ3) is 5.74. The van der Waals surface area contributed by atoms with Crippen molar-refractivity contribution in [3.63, 3.8) is 0 Å². The molecule has 3 aromatic heterocycles. The quantitative estimate of drug-likeness (QED) is 0.351. The molecule has 3 heterocycles. The maximum absolute atomic E-state index is 12.8. The van der Waals surface area contributed by atoms with E-state index in [9.17, 15) is 9.59 Å². The number of nitrogens with two attached hydrogens (primary N) is 1. The summed E-state index contributed by atoms with van der Waals surface area (Å²) in [6, 6.07) is 5.47. The first-order valence-corrected chi connectivity index (χ1v) is 12.6. The first-order chi connectivity index (χ1) is 15.1. The van der Waals surface area contributed by atoms with Gasteiger partial charge in [0.05, 0.1) is 5.69 Å². The zero-order valence-corrected chi connectivity index (χ0v) is 20.5. The van der Waals surface area contributed by atoms with Gasteiger partial charge >= 0.3 is 0 Å². The Morgan fingerprint density at radius 2 is 1.91 bits per heavy atom. The van der Waals surface area contributed by atoms with Crippen molar-refractivity contribution in [2.45, 2.75) is 31.4 Å². The Kier molecular flexibility index (Phi) is 7.35. The lowest BCUT2D eigenvalue weighted by Crippen LogP contribution is -2.17. The van der Waals surface area contributed by atoms with Crippen molar-refractivity contribution >= 4 is 44.9 Å². The van der Waals surface area contributed by atoms with E-state index in [2.05, 4.69) is 35.4 Å². The minimum Gasteiger partial charge on any atom is -0.382 e. The maximum atomic E-state index is 12.8. The lowest BCUT2D eigenvalue weighted by molar-refractivity contribution is 0.0968. The molecule has 0 unspecified atom stereocenters. The van der Waals surface area contributed by atoms with Crippen LogP contribution in [0.2, 0.25) is 0 Å². The summed E-state index contributed by atoms with van der Waals surface area (Å²) in [6.07, 6.45) is 8.53. The Morgan fingerprint density at radius 3 is 2.50 bits per heavy atom. The number of nitrogen functional groups attached to an aromatic ring is 1. The third-order valence-corrected chi connectivity index (χ3v) is 7.67. The predicted molar refractivity (Wildman–Crippen MR) is 133 cm³/mol. The molecule has 0 aromatic carbocycles. The smallest absolute Gasteiger partial charge is 0.292 e. The summed E-state index contributed by atoms with van der Waals surface area (Å²) in [5, 5.41) is 2.72. The Labute approximate surface area is 195 Å². The molecule has 0 fully saturated rings. The molecule has 0 aliphatic rings. The highest BCUT2D eigenvalue weighted by atomic mass is 33.1. The third-order valence-electron chi connectivity index (χ3n) is 4.99. The van der Waals surface area contributed by atoms with Crippen LogP contribution < -0.4 is 11.1 Å². The second-order valence-electron chi connectivity index (χ2n) is 8.14. The molecular weight excluding hydrogens is 444 g/mol. The van der Waals surface area contributed by atoms with Gasteiger partial charge in [-0.1, -0.05) is 21.6 Å². The fraction of sp³-hybridized carbons (Fsp3) is 0.364. The highest BCUT2D eigenvalue weighted by molar-refractivity contribution is 8.76. The molecule has 8 nitrogen and oxygen atoms in total. The predicted octanol–water partition coefficient (Wildman–Crippen LogP) is 4.41. The van der Waals surface area contributed by atoms with Gasteiger partial charge in [0.1, 0.15) is 11.6 Å². The highest BCUT2D eigenvalue weighted by Gasteiger charge is 2.22. The van der Waals surface area contributed by atoms with Crippen LogP contribution >= 0.6 is 21.6 Å². The van der Waals surface area contributed by atoms with Gasteiger partial charge in [-0.3, -0.25) is 9.59 Å². The van der Waals surface area contributed by atoms with Gasteiger partial charge in [-0.2, -0.15) is 0 Å². The highest BCUT2D eigenvalue weighted by Crippen LogP contribution is 2.37. The van der Waals surface area contributed by atoms with Gasteiger partial charge < -0.3 is 20.2 Å². The summed E-state index contributed by atoms with van der Waals surface area (Å²) in [5.74, 6) is 0.626. The number of Topliss-reactive ketones (excluding diaryl/α,β-unsaturated/α-hetero) is 1. The van der Waals surface area contributed by atoms with Crippen LogP contribution in [0.25, 0.3) is 11.1 Å². The van der Waals surface area contributed by atoms with Crippen molar-refractivity contribution in [1.29, 1.82) is 0 Å². The number of ketones is 1. The van der Waals surface area contributed by atoms with E-state index in [-0.39, 0.29) is 28.1 Å². The summed E-state index contributed by atoms with van der Waals surface area (Å²) in [4.78, 5) is 33.5. The van der Waals surface area contributed by atoms with Crippen LogP contribution in [0.1, 0.15) is 47.8 Å². The average Bonchev–Trinajstić information content (AvgIpc) is 3.28. The normalized spacial score (nSPS) is 11.5. The van der Waals surface area contributed by atoms with E-state index < -0.39 is 0 Å². The molecule has 0 saturated heterocycles. The van der Waals surface area contributed by atoms with Gasteiger partial charge in [0, 0.05) is 55.0 Å². The van der Waals surface area contributed by atoms with Crippen molar-refractivity contribution in [2.75, 3.05) is 17.3 Å². The first-order valence-electron chi connectivity index (χ1n) is 10.1. The number of hydrogen-bond acceptors (Lipinski definition) is 7. The summed E-state index contributed by atoms with van der Waals surface area (Å²) < 4.78 is 3.46. The summed E-state index contributed by atoms with van der Waals surface area (Å²) in [7, 11) is 7.09. The lowest BCUT2D eigenvalue weighted by Gasteiger charge is -2.21. The van der Waals surface area contributed by atoms with Crippen LogP contribution in [0.4, 0.5) is 11.6 Å². The molecule has 0 saturated carbocycles. The Balaban J connectivity index is 1.68. The van der Waals surface area contributed by atoms with E-state index in [0.29, 0.717) is 17.9 Å². The second-order valence-corrected chi connectivity index (χ2v) is 11.2. The van der Waals surface area contributed by atoms with Gasteiger partial charge in [0.15, 0.2) is 5.78 Å². The van der Waals surface area contributed by atoms with Gasteiger partial charge in [-0.15, -0.1) is 0 Å². The Hall–Kier alpha value is -2.72. The molecule has 3 rings (SSSR count). The van der Waals surface area contributed by atoms with Crippen LogP contribution in [-0.4, -0.2) is 41.8 Å². The number of carbonyl (C=O) groups excluding carboxylic acids is 2. The Morgan fingerprint density at radius 1 is 1.16 bits per heavy atom. The van der Waals surface area contributed by atoms with Crippen molar-refractivity contribution in [2.24, 2.45) is 14.1 Å². The van der Waals surface area contributed by atoms with Crippen LogP contribution in [-0.2, 0) is 14.1 Å². The fourth-order valence-electron chi connectivity index (χ4n) is 3.32.